The Balaban J connectivity index is 1.45. The highest BCUT2D eigenvalue weighted by Gasteiger charge is 2.22. The number of hydrogen-bond acceptors (Lipinski definition) is 6. The molecule has 0 amide bonds. The van der Waals surface area contributed by atoms with Crippen LogP contribution in [-0.2, 0) is 19.6 Å². The SMILES string of the molecule is Cc1cc(C)c2[nH]c(=O)c(CN(Cc3ccco3)Cc3nnnn3C3CCCCC3)cc2c1. The number of pyridine rings is 1. The normalized spacial score (nSPS) is 15.0. The number of nitrogens with one attached hydrogen (secondary N) is 1. The quantitative estimate of drug-likeness (QED) is 0.451. The Hall–Kier alpha value is -3.26. The first-order valence-corrected chi connectivity index (χ1v) is 11.7. The lowest BCUT2D eigenvalue weighted by molar-refractivity contribution is 0.209. The molecule has 0 saturated heterocycles. The Labute approximate surface area is 192 Å². The summed E-state index contributed by atoms with van der Waals surface area (Å²) in [6.07, 6.45) is 7.60. The maximum atomic E-state index is 13.0. The van der Waals surface area contributed by atoms with Crippen molar-refractivity contribution in [2.24, 2.45) is 0 Å². The van der Waals surface area contributed by atoms with Crippen molar-refractivity contribution < 1.29 is 4.42 Å². The molecule has 3 aromatic heterocycles. The van der Waals surface area contributed by atoms with E-state index in [1.54, 1.807) is 6.26 Å². The van der Waals surface area contributed by atoms with Crippen LogP contribution in [0.4, 0.5) is 0 Å². The van der Waals surface area contributed by atoms with Gasteiger partial charge in [-0.2, -0.15) is 0 Å². The zero-order valence-electron chi connectivity index (χ0n) is 19.3. The van der Waals surface area contributed by atoms with Crippen molar-refractivity contribution in [3.8, 4) is 0 Å². The predicted octanol–water partition coefficient (Wildman–Crippen LogP) is 4.43. The molecule has 1 aromatic carbocycles. The summed E-state index contributed by atoms with van der Waals surface area (Å²) >= 11 is 0. The summed E-state index contributed by atoms with van der Waals surface area (Å²) in [5.41, 5.74) is 3.81. The molecule has 8 nitrogen and oxygen atoms in total. The summed E-state index contributed by atoms with van der Waals surface area (Å²) in [7, 11) is 0. The van der Waals surface area contributed by atoms with E-state index >= 15 is 0 Å². The number of aromatic nitrogens is 5. The van der Waals surface area contributed by atoms with E-state index in [1.807, 2.05) is 29.8 Å². The van der Waals surface area contributed by atoms with Gasteiger partial charge in [0, 0.05) is 12.1 Å². The average Bonchev–Trinajstić information content (AvgIpc) is 3.48. The van der Waals surface area contributed by atoms with Gasteiger partial charge in [-0.1, -0.05) is 30.9 Å². The van der Waals surface area contributed by atoms with Crippen LogP contribution in [0.25, 0.3) is 10.9 Å². The van der Waals surface area contributed by atoms with Gasteiger partial charge in [0.05, 0.1) is 30.9 Å². The van der Waals surface area contributed by atoms with Crippen LogP contribution in [0.3, 0.4) is 0 Å². The lowest BCUT2D eigenvalue weighted by Gasteiger charge is -2.25. The van der Waals surface area contributed by atoms with Gasteiger partial charge in [-0.15, -0.1) is 5.10 Å². The van der Waals surface area contributed by atoms with Gasteiger partial charge in [0.2, 0.25) is 0 Å². The summed E-state index contributed by atoms with van der Waals surface area (Å²) in [6.45, 7) is 5.67. The number of aryl methyl sites for hydroxylation is 2. The van der Waals surface area contributed by atoms with Gasteiger partial charge < -0.3 is 9.40 Å². The highest BCUT2D eigenvalue weighted by Crippen LogP contribution is 2.28. The molecule has 3 heterocycles. The van der Waals surface area contributed by atoms with Crippen molar-refractivity contribution in [2.45, 2.75) is 71.6 Å². The molecule has 172 valence electrons. The number of H-pyrrole nitrogens is 1. The summed E-state index contributed by atoms with van der Waals surface area (Å²) in [4.78, 5) is 18.2. The van der Waals surface area contributed by atoms with Crippen molar-refractivity contribution in [3.63, 3.8) is 0 Å². The fourth-order valence-electron chi connectivity index (χ4n) is 5.01. The Bertz CT molecular complexity index is 1280. The topological polar surface area (TPSA) is 92.8 Å². The summed E-state index contributed by atoms with van der Waals surface area (Å²) in [5.74, 6) is 1.67. The molecule has 0 unspecified atom stereocenters. The molecule has 0 bridgehead atoms. The molecule has 4 aromatic rings. The second kappa shape index (κ2) is 9.31. The van der Waals surface area contributed by atoms with E-state index in [1.165, 1.54) is 24.8 Å². The maximum absolute atomic E-state index is 13.0. The highest BCUT2D eigenvalue weighted by molar-refractivity contribution is 5.82. The minimum absolute atomic E-state index is 0.0641. The van der Waals surface area contributed by atoms with Gasteiger partial charge in [-0.05, 0) is 72.3 Å². The van der Waals surface area contributed by atoms with Crippen LogP contribution in [0.5, 0.6) is 0 Å². The van der Waals surface area contributed by atoms with E-state index in [2.05, 4.69) is 44.5 Å². The van der Waals surface area contributed by atoms with E-state index in [0.717, 1.165) is 46.5 Å². The smallest absolute Gasteiger partial charge is 0.252 e. The molecule has 0 radical (unpaired) electrons. The van der Waals surface area contributed by atoms with Crippen molar-refractivity contribution in [2.75, 3.05) is 0 Å². The highest BCUT2D eigenvalue weighted by atomic mass is 16.3. The second-order valence-corrected chi connectivity index (χ2v) is 9.23. The Kier molecular flexibility index (Phi) is 6.09. The molecular weight excluding hydrogens is 416 g/mol. The van der Waals surface area contributed by atoms with E-state index < -0.39 is 0 Å². The van der Waals surface area contributed by atoms with E-state index in [0.29, 0.717) is 25.7 Å². The first-order chi connectivity index (χ1) is 16.1. The molecule has 0 aliphatic heterocycles. The number of fused-ring (bicyclic) bond motifs is 1. The van der Waals surface area contributed by atoms with Gasteiger partial charge in [0.25, 0.3) is 5.56 Å². The van der Waals surface area contributed by atoms with Crippen LogP contribution in [0.2, 0.25) is 0 Å². The monoisotopic (exact) mass is 446 g/mol. The molecule has 1 N–H and O–H groups in total. The number of rotatable bonds is 7. The average molecular weight is 447 g/mol. The second-order valence-electron chi connectivity index (χ2n) is 9.23. The zero-order valence-corrected chi connectivity index (χ0v) is 19.3. The molecule has 5 rings (SSSR count). The number of hydrogen-bond donors (Lipinski definition) is 1. The fourth-order valence-corrected chi connectivity index (χ4v) is 5.01. The van der Waals surface area contributed by atoms with E-state index in [4.69, 9.17) is 4.42 Å². The largest absolute Gasteiger partial charge is 0.468 e. The van der Waals surface area contributed by atoms with Gasteiger partial charge in [0.1, 0.15) is 5.76 Å². The zero-order chi connectivity index (χ0) is 22.8. The summed E-state index contributed by atoms with van der Waals surface area (Å²) < 4.78 is 7.61. The van der Waals surface area contributed by atoms with Crippen LogP contribution < -0.4 is 5.56 Å². The molecule has 33 heavy (non-hydrogen) atoms. The molecule has 0 atom stereocenters. The van der Waals surface area contributed by atoms with Crippen molar-refractivity contribution in [1.82, 2.24) is 30.1 Å². The standard InChI is InChI=1S/C25H30N6O2/c1-17-11-18(2)24-19(12-17)13-20(25(32)26-24)14-30(15-22-9-6-10-33-22)16-23-27-28-29-31(23)21-7-4-3-5-8-21/h6,9-13,21H,3-5,7-8,14-16H2,1-2H3,(H,26,32). The predicted molar refractivity (Wildman–Crippen MR) is 126 cm³/mol. The summed E-state index contributed by atoms with van der Waals surface area (Å²) in [6, 6.07) is 10.4. The third kappa shape index (κ3) is 4.75. The molecule has 1 aliphatic rings. The van der Waals surface area contributed by atoms with Crippen LogP contribution in [0, 0.1) is 13.8 Å². The minimum Gasteiger partial charge on any atom is -0.468 e. The Morgan fingerprint density at radius 3 is 2.76 bits per heavy atom. The van der Waals surface area contributed by atoms with Crippen LogP contribution in [-0.4, -0.2) is 30.1 Å². The van der Waals surface area contributed by atoms with Crippen LogP contribution >= 0.6 is 0 Å². The maximum Gasteiger partial charge on any atom is 0.252 e. The fraction of sp³-hybridized carbons (Fsp3) is 0.440. The molecular formula is C25H30N6O2. The van der Waals surface area contributed by atoms with E-state index in [9.17, 15) is 4.79 Å². The lowest BCUT2D eigenvalue weighted by Crippen LogP contribution is -2.28. The van der Waals surface area contributed by atoms with Crippen LogP contribution in [0.1, 0.15) is 66.4 Å². The molecule has 1 fully saturated rings. The summed E-state index contributed by atoms with van der Waals surface area (Å²) in [5, 5.41) is 13.7. The van der Waals surface area contributed by atoms with Crippen molar-refractivity contribution >= 4 is 10.9 Å². The minimum atomic E-state index is -0.0641. The number of furan rings is 1. The van der Waals surface area contributed by atoms with Crippen LogP contribution in [0.15, 0.2) is 45.8 Å². The van der Waals surface area contributed by atoms with Gasteiger partial charge in [0.15, 0.2) is 5.82 Å². The van der Waals surface area contributed by atoms with Crippen molar-refractivity contribution in [1.29, 1.82) is 0 Å². The van der Waals surface area contributed by atoms with Gasteiger partial charge >= 0.3 is 0 Å². The lowest BCUT2D eigenvalue weighted by atomic mass is 9.95. The molecule has 0 spiro atoms. The van der Waals surface area contributed by atoms with E-state index in [-0.39, 0.29) is 5.56 Å². The van der Waals surface area contributed by atoms with Gasteiger partial charge in [-0.3, -0.25) is 9.69 Å². The third-order valence-electron chi connectivity index (χ3n) is 6.57. The third-order valence-corrected chi connectivity index (χ3v) is 6.57. The first-order valence-electron chi connectivity index (χ1n) is 11.7. The first kappa shape index (κ1) is 21.6. The molecule has 1 aliphatic carbocycles. The van der Waals surface area contributed by atoms with Gasteiger partial charge in [-0.25, -0.2) is 4.68 Å². The Morgan fingerprint density at radius 2 is 1.97 bits per heavy atom. The molecule has 1 saturated carbocycles. The number of tetrazole rings is 1. The van der Waals surface area contributed by atoms with Crippen molar-refractivity contribution in [3.05, 3.63) is 75.2 Å². The molecule has 8 heteroatoms. The number of benzene rings is 1. The number of aromatic amines is 1. The Morgan fingerprint density at radius 1 is 1.12 bits per heavy atom. The number of nitrogens with zero attached hydrogens (tertiary/aromatic N) is 5.